The van der Waals surface area contributed by atoms with Crippen molar-refractivity contribution in [3.63, 3.8) is 0 Å². The zero-order valence-corrected chi connectivity index (χ0v) is 16.6. The Morgan fingerprint density at radius 2 is 1.78 bits per heavy atom. The van der Waals surface area contributed by atoms with Crippen LogP contribution in [0.2, 0.25) is 0 Å². The number of hydrogen-bond donors (Lipinski definition) is 0. The predicted octanol–water partition coefficient (Wildman–Crippen LogP) is 6.39. The van der Waals surface area contributed by atoms with Crippen LogP contribution in [-0.4, -0.2) is 9.97 Å². The molecule has 140 valence electrons. The number of nitrogens with zero attached hydrogens (tertiary/aromatic N) is 2. The molecule has 1 aromatic heterocycles. The van der Waals surface area contributed by atoms with E-state index in [1.54, 1.807) is 12.1 Å². The molecular weight excluding hydrogens is 359 g/mol. The average Bonchev–Trinajstić information content (AvgIpc) is 2.67. The van der Waals surface area contributed by atoms with Crippen LogP contribution in [0.4, 0.5) is 4.39 Å². The van der Waals surface area contributed by atoms with Crippen LogP contribution in [-0.2, 0) is 12.2 Å². The molecule has 3 aromatic rings. The van der Waals surface area contributed by atoms with Gasteiger partial charge in [0, 0.05) is 17.5 Å². The van der Waals surface area contributed by atoms with Crippen LogP contribution in [0.15, 0.2) is 59.8 Å². The van der Waals surface area contributed by atoms with E-state index in [0.717, 1.165) is 17.9 Å². The van der Waals surface area contributed by atoms with Crippen molar-refractivity contribution in [2.75, 3.05) is 0 Å². The molecule has 0 amide bonds. The van der Waals surface area contributed by atoms with E-state index in [1.165, 1.54) is 23.4 Å². The highest BCUT2D eigenvalue weighted by molar-refractivity contribution is 7.98. The topological polar surface area (TPSA) is 35.0 Å². The quantitative estimate of drug-likeness (QED) is 0.350. The minimum atomic E-state index is -0.210. The highest BCUT2D eigenvalue weighted by Gasteiger charge is 2.09. The molecule has 0 fully saturated rings. The Bertz CT molecular complexity index is 897. The largest absolute Gasteiger partial charge is 0.439 e. The van der Waals surface area contributed by atoms with Crippen molar-refractivity contribution in [3.8, 4) is 11.6 Å². The minimum absolute atomic E-state index is 0.210. The smallest absolute Gasteiger partial charge is 0.223 e. The van der Waals surface area contributed by atoms with Crippen LogP contribution >= 0.6 is 11.8 Å². The van der Waals surface area contributed by atoms with Gasteiger partial charge < -0.3 is 4.74 Å². The fraction of sp³-hybridized carbons (Fsp3) is 0.273. The van der Waals surface area contributed by atoms with Crippen molar-refractivity contribution in [2.45, 2.75) is 44.0 Å². The number of ether oxygens (including phenoxy) is 1. The summed E-state index contributed by atoms with van der Waals surface area (Å²) >= 11 is 1.41. The van der Waals surface area contributed by atoms with E-state index in [4.69, 9.17) is 4.74 Å². The predicted molar refractivity (Wildman–Crippen MR) is 108 cm³/mol. The SMILES string of the molecule is CCc1cc(Oc2ccc(C(C)C)cc2)nc(SCc2ccccc2F)n1. The van der Waals surface area contributed by atoms with Crippen LogP contribution in [0.3, 0.4) is 0 Å². The zero-order valence-electron chi connectivity index (χ0n) is 15.8. The Kier molecular flexibility index (Phi) is 6.45. The van der Waals surface area contributed by atoms with Crippen LogP contribution < -0.4 is 4.74 Å². The summed E-state index contributed by atoms with van der Waals surface area (Å²) < 4.78 is 19.7. The molecule has 3 nitrogen and oxygen atoms in total. The summed E-state index contributed by atoms with van der Waals surface area (Å²) in [6, 6.07) is 16.7. The number of benzene rings is 2. The maximum Gasteiger partial charge on any atom is 0.223 e. The Labute approximate surface area is 164 Å². The summed E-state index contributed by atoms with van der Waals surface area (Å²) in [6.07, 6.45) is 0.776. The molecule has 0 radical (unpaired) electrons. The van der Waals surface area contributed by atoms with Gasteiger partial charge in [0.05, 0.1) is 0 Å². The molecule has 0 saturated carbocycles. The molecule has 2 aromatic carbocycles. The molecule has 0 unspecified atom stereocenters. The fourth-order valence-corrected chi connectivity index (χ4v) is 3.40. The number of aryl methyl sites for hydroxylation is 1. The molecule has 0 N–H and O–H groups in total. The van der Waals surface area contributed by atoms with Crippen LogP contribution in [0.5, 0.6) is 11.6 Å². The molecule has 0 aliphatic heterocycles. The van der Waals surface area contributed by atoms with Gasteiger partial charge in [0.15, 0.2) is 5.16 Å². The first kappa shape index (κ1) is 19.4. The van der Waals surface area contributed by atoms with Crippen LogP contribution in [0.1, 0.15) is 43.5 Å². The van der Waals surface area contributed by atoms with Crippen LogP contribution in [0, 0.1) is 5.82 Å². The monoisotopic (exact) mass is 382 g/mol. The molecule has 1 heterocycles. The molecule has 0 saturated heterocycles. The zero-order chi connectivity index (χ0) is 19.2. The minimum Gasteiger partial charge on any atom is -0.439 e. The van der Waals surface area contributed by atoms with Crippen molar-refractivity contribution >= 4 is 11.8 Å². The number of aromatic nitrogens is 2. The van der Waals surface area contributed by atoms with Gasteiger partial charge >= 0.3 is 0 Å². The summed E-state index contributed by atoms with van der Waals surface area (Å²) in [5.74, 6) is 1.99. The van der Waals surface area contributed by atoms with E-state index >= 15 is 0 Å². The first-order valence-corrected chi connectivity index (χ1v) is 10.1. The van der Waals surface area contributed by atoms with E-state index in [2.05, 4.69) is 35.9 Å². The highest BCUT2D eigenvalue weighted by atomic mass is 32.2. The van der Waals surface area contributed by atoms with E-state index in [1.807, 2.05) is 31.2 Å². The summed E-state index contributed by atoms with van der Waals surface area (Å²) in [5, 5.41) is 0.589. The first-order valence-electron chi connectivity index (χ1n) is 9.07. The number of rotatable bonds is 7. The van der Waals surface area contributed by atoms with E-state index < -0.39 is 0 Å². The Morgan fingerprint density at radius 1 is 1.04 bits per heavy atom. The molecule has 0 aliphatic carbocycles. The van der Waals surface area contributed by atoms with Crippen molar-refractivity contribution in [3.05, 3.63) is 77.2 Å². The summed E-state index contributed by atoms with van der Waals surface area (Å²) in [6.45, 7) is 6.36. The summed E-state index contributed by atoms with van der Waals surface area (Å²) in [7, 11) is 0. The molecule has 0 bridgehead atoms. The molecule has 0 atom stereocenters. The maximum absolute atomic E-state index is 13.8. The second-order valence-electron chi connectivity index (χ2n) is 6.54. The summed E-state index contributed by atoms with van der Waals surface area (Å²) in [4.78, 5) is 9.01. The number of hydrogen-bond acceptors (Lipinski definition) is 4. The lowest BCUT2D eigenvalue weighted by molar-refractivity contribution is 0.453. The molecule has 27 heavy (non-hydrogen) atoms. The Morgan fingerprint density at radius 3 is 2.44 bits per heavy atom. The molecule has 3 rings (SSSR count). The van der Waals surface area contributed by atoms with Crippen molar-refractivity contribution in [1.82, 2.24) is 9.97 Å². The third-order valence-corrected chi connectivity index (χ3v) is 5.08. The second kappa shape index (κ2) is 9.00. The van der Waals surface area contributed by atoms with E-state index in [9.17, 15) is 4.39 Å². The fourth-order valence-electron chi connectivity index (χ4n) is 2.55. The summed E-state index contributed by atoms with van der Waals surface area (Å²) in [5.41, 5.74) is 2.80. The van der Waals surface area contributed by atoms with Gasteiger partial charge in [-0.3, -0.25) is 0 Å². The first-order chi connectivity index (χ1) is 13.0. The van der Waals surface area contributed by atoms with Crippen LogP contribution in [0.25, 0.3) is 0 Å². The lowest BCUT2D eigenvalue weighted by atomic mass is 10.0. The maximum atomic E-state index is 13.8. The number of halogens is 1. The number of thioether (sulfide) groups is 1. The standard InChI is InChI=1S/C22H23FN2OS/c1-4-18-13-21(26-19-11-9-16(10-12-19)15(2)3)25-22(24-18)27-14-17-7-5-6-8-20(17)23/h5-13,15H,4,14H2,1-3H3. The highest BCUT2D eigenvalue weighted by Crippen LogP contribution is 2.27. The van der Waals surface area contributed by atoms with Gasteiger partial charge in [-0.2, -0.15) is 4.98 Å². The molecule has 0 aliphatic rings. The molecule has 0 spiro atoms. The third-order valence-electron chi connectivity index (χ3n) is 4.18. The van der Waals surface area contributed by atoms with Crippen molar-refractivity contribution in [2.24, 2.45) is 0 Å². The lowest BCUT2D eigenvalue weighted by Crippen LogP contribution is -1.98. The average molecular weight is 383 g/mol. The van der Waals surface area contributed by atoms with Gasteiger partial charge in [-0.25, -0.2) is 9.37 Å². The van der Waals surface area contributed by atoms with Crippen molar-refractivity contribution < 1.29 is 9.13 Å². The van der Waals surface area contributed by atoms with E-state index in [-0.39, 0.29) is 5.82 Å². The third kappa shape index (κ3) is 5.30. The van der Waals surface area contributed by atoms with Gasteiger partial charge in [0.2, 0.25) is 5.88 Å². The Hall–Kier alpha value is -2.40. The van der Waals surface area contributed by atoms with Gasteiger partial charge in [0.25, 0.3) is 0 Å². The lowest BCUT2D eigenvalue weighted by Gasteiger charge is -2.10. The molecular formula is C22H23FN2OS. The Balaban J connectivity index is 1.75. The molecule has 5 heteroatoms. The van der Waals surface area contributed by atoms with Gasteiger partial charge in [0.1, 0.15) is 11.6 Å². The van der Waals surface area contributed by atoms with E-state index in [0.29, 0.717) is 28.3 Å². The van der Waals surface area contributed by atoms with Gasteiger partial charge in [-0.1, -0.05) is 62.9 Å². The second-order valence-corrected chi connectivity index (χ2v) is 7.48. The van der Waals surface area contributed by atoms with Crippen molar-refractivity contribution in [1.29, 1.82) is 0 Å². The van der Waals surface area contributed by atoms with Gasteiger partial charge in [-0.15, -0.1) is 0 Å². The van der Waals surface area contributed by atoms with Gasteiger partial charge in [-0.05, 0) is 41.7 Å². The normalized spacial score (nSPS) is 11.0.